The Morgan fingerprint density at radius 3 is 2.75 bits per heavy atom. The fourth-order valence-corrected chi connectivity index (χ4v) is 2.73. The van der Waals surface area contributed by atoms with Crippen molar-refractivity contribution >= 4 is 15.9 Å². The number of halogens is 1. The zero-order valence-corrected chi connectivity index (χ0v) is 11.5. The highest BCUT2D eigenvalue weighted by Gasteiger charge is 2.22. The van der Waals surface area contributed by atoms with E-state index in [1.807, 2.05) is 0 Å². The Bertz CT molecular complexity index is 333. The minimum absolute atomic E-state index is 0.654. The molecule has 1 aromatic carbocycles. The fourth-order valence-electron chi connectivity index (χ4n) is 2.12. The predicted octanol–water partition coefficient (Wildman–Crippen LogP) is 4.08. The van der Waals surface area contributed by atoms with E-state index in [0.29, 0.717) is 5.92 Å². The van der Waals surface area contributed by atoms with Crippen LogP contribution in [-0.4, -0.2) is 12.6 Å². The van der Waals surface area contributed by atoms with Crippen LogP contribution >= 0.6 is 15.9 Å². The summed E-state index contributed by atoms with van der Waals surface area (Å²) in [6.45, 7) is 3.39. The highest BCUT2D eigenvalue weighted by atomic mass is 79.9. The van der Waals surface area contributed by atoms with Gasteiger partial charge in [0, 0.05) is 17.1 Å². The summed E-state index contributed by atoms with van der Waals surface area (Å²) in [4.78, 5) is 0. The first-order valence-corrected chi connectivity index (χ1v) is 7.08. The lowest BCUT2D eigenvalue weighted by molar-refractivity contribution is 0.541. The quantitative estimate of drug-likeness (QED) is 0.828. The number of benzene rings is 1. The third-order valence-corrected chi connectivity index (χ3v) is 3.93. The van der Waals surface area contributed by atoms with E-state index < -0.39 is 0 Å². The molecule has 1 aliphatic rings. The minimum Gasteiger partial charge on any atom is -0.313 e. The maximum Gasteiger partial charge on any atom is 0.0210 e. The first-order valence-electron chi connectivity index (χ1n) is 6.29. The molecule has 2 heteroatoms. The summed E-state index contributed by atoms with van der Waals surface area (Å²) in [5, 5.41) is 3.65. The van der Waals surface area contributed by atoms with Gasteiger partial charge in [0.1, 0.15) is 0 Å². The molecule has 2 rings (SSSR count). The van der Waals surface area contributed by atoms with Gasteiger partial charge in [-0.05, 0) is 36.8 Å². The fraction of sp³-hybridized carbons (Fsp3) is 0.571. The van der Waals surface area contributed by atoms with Crippen LogP contribution in [0, 0.1) is 0 Å². The van der Waals surface area contributed by atoms with E-state index in [-0.39, 0.29) is 0 Å². The van der Waals surface area contributed by atoms with Gasteiger partial charge in [-0.2, -0.15) is 0 Å². The molecule has 0 spiro atoms. The molecule has 1 nitrogen and oxygen atoms in total. The van der Waals surface area contributed by atoms with Gasteiger partial charge < -0.3 is 5.32 Å². The Hall–Kier alpha value is -0.340. The van der Waals surface area contributed by atoms with Gasteiger partial charge in [-0.3, -0.25) is 0 Å². The molecule has 1 aliphatic carbocycles. The lowest BCUT2D eigenvalue weighted by Crippen LogP contribution is -2.23. The molecule has 0 radical (unpaired) electrons. The summed E-state index contributed by atoms with van der Waals surface area (Å²) in [5.74, 6) is 0.654. The summed E-state index contributed by atoms with van der Waals surface area (Å²) in [6, 6.07) is 9.43. The Labute approximate surface area is 107 Å². The van der Waals surface area contributed by atoms with Crippen molar-refractivity contribution in [2.24, 2.45) is 0 Å². The van der Waals surface area contributed by atoms with Gasteiger partial charge in [0.15, 0.2) is 0 Å². The lowest BCUT2D eigenvalue weighted by Gasteiger charge is -2.18. The smallest absolute Gasteiger partial charge is 0.0210 e. The van der Waals surface area contributed by atoms with Gasteiger partial charge in [0.05, 0.1) is 0 Å². The SMILES string of the molecule is CCCC(CNC1CC1)c1ccccc1Br. The van der Waals surface area contributed by atoms with Crippen molar-refractivity contribution < 1.29 is 0 Å². The van der Waals surface area contributed by atoms with E-state index in [9.17, 15) is 0 Å². The van der Waals surface area contributed by atoms with Crippen molar-refractivity contribution in [2.75, 3.05) is 6.54 Å². The second-order valence-electron chi connectivity index (χ2n) is 4.69. The van der Waals surface area contributed by atoms with Crippen LogP contribution in [0.1, 0.15) is 44.1 Å². The monoisotopic (exact) mass is 281 g/mol. The molecule has 0 amide bonds. The van der Waals surface area contributed by atoms with Crippen LogP contribution in [0.25, 0.3) is 0 Å². The molecule has 1 fully saturated rings. The maximum absolute atomic E-state index is 3.66. The molecule has 1 atom stereocenters. The number of rotatable bonds is 6. The van der Waals surface area contributed by atoms with Crippen molar-refractivity contribution in [3.63, 3.8) is 0 Å². The van der Waals surface area contributed by atoms with Gasteiger partial charge >= 0.3 is 0 Å². The second-order valence-corrected chi connectivity index (χ2v) is 5.54. The summed E-state index contributed by atoms with van der Waals surface area (Å²) in [7, 11) is 0. The topological polar surface area (TPSA) is 12.0 Å². The first kappa shape index (κ1) is 12.1. The molecule has 0 saturated heterocycles. The standard InChI is InChI=1S/C14H20BrN/c1-2-5-11(10-16-12-8-9-12)13-6-3-4-7-14(13)15/h3-4,6-7,11-12,16H,2,5,8-10H2,1H3. The Morgan fingerprint density at radius 2 is 2.12 bits per heavy atom. The van der Waals surface area contributed by atoms with Crippen LogP contribution in [-0.2, 0) is 0 Å². The van der Waals surface area contributed by atoms with E-state index in [1.54, 1.807) is 0 Å². The molecule has 1 aromatic rings. The molecule has 0 bridgehead atoms. The van der Waals surface area contributed by atoms with E-state index in [2.05, 4.69) is 52.4 Å². The summed E-state index contributed by atoms with van der Waals surface area (Å²) < 4.78 is 1.26. The zero-order chi connectivity index (χ0) is 11.4. The molecule has 16 heavy (non-hydrogen) atoms. The van der Waals surface area contributed by atoms with Crippen molar-refractivity contribution in [1.29, 1.82) is 0 Å². The minimum atomic E-state index is 0.654. The van der Waals surface area contributed by atoms with Crippen molar-refractivity contribution in [2.45, 2.75) is 44.6 Å². The molecular weight excluding hydrogens is 262 g/mol. The van der Waals surface area contributed by atoms with Gasteiger partial charge in [0.25, 0.3) is 0 Å². The van der Waals surface area contributed by atoms with Crippen LogP contribution in [0.2, 0.25) is 0 Å². The van der Waals surface area contributed by atoms with Crippen LogP contribution in [0.4, 0.5) is 0 Å². The van der Waals surface area contributed by atoms with Crippen LogP contribution in [0.15, 0.2) is 28.7 Å². The van der Waals surface area contributed by atoms with Crippen LogP contribution in [0.3, 0.4) is 0 Å². The summed E-state index contributed by atoms with van der Waals surface area (Å²) in [6.07, 6.45) is 5.25. The molecule has 1 unspecified atom stereocenters. The Balaban J connectivity index is 2.01. The highest BCUT2D eigenvalue weighted by Crippen LogP contribution is 2.29. The Morgan fingerprint density at radius 1 is 1.38 bits per heavy atom. The van der Waals surface area contributed by atoms with Crippen LogP contribution in [0.5, 0.6) is 0 Å². The van der Waals surface area contributed by atoms with Crippen molar-refractivity contribution in [3.05, 3.63) is 34.3 Å². The molecule has 1 saturated carbocycles. The largest absolute Gasteiger partial charge is 0.313 e. The molecule has 1 N–H and O–H groups in total. The average molecular weight is 282 g/mol. The molecule has 0 aromatic heterocycles. The molecular formula is C14H20BrN. The number of nitrogens with one attached hydrogen (secondary N) is 1. The summed E-state index contributed by atoms with van der Waals surface area (Å²) in [5.41, 5.74) is 1.46. The predicted molar refractivity (Wildman–Crippen MR) is 72.8 cm³/mol. The highest BCUT2D eigenvalue weighted by molar-refractivity contribution is 9.10. The number of hydrogen-bond acceptors (Lipinski definition) is 1. The normalized spacial score (nSPS) is 17.4. The average Bonchev–Trinajstić information content (AvgIpc) is 3.09. The van der Waals surface area contributed by atoms with Gasteiger partial charge in [-0.25, -0.2) is 0 Å². The Kier molecular flexibility index (Phi) is 4.42. The lowest BCUT2D eigenvalue weighted by atomic mass is 9.94. The van der Waals surface area contributed by atoms with E-state index in [4.69, 9.17) is 0 Å². The van der Waals surface area contributed by atoms with E-state index in [1.165, 1.54) is 35.7 Å². The van der Waals surface area contributed by atoms with E-state index >= 15 is 0 Å². The van der Waals surface area contributed by atoms with Crippen molar-refractivity contribution in [3.8, 4) is 0 Å². The van der Waals surface area contributed by atoms with Crippen LogP contribution < -0.4 is 5.32 Å². The number of hydrogen-bond donors (Lipinski definition) is 1. The van der Waals surface area contributed by atoms with Gasteiger partial charge in [-0.15, -0.1) is 0 Å². The molecule has 0 aliphatic heterocycles. The third kappa shape index (κ3) is 3.33. The molecule has 88 valence electrons. The van der Waals surface area contributed by atoms with E-state index in [0.717, 1.165) is 12.6 Å². The first-order chi connectivity index (χ1) is 7.81. The zero-order valence-electron chi connectivity index (χ0n) is 9.88. The maximum atomic E-state index is 3.66. The third-order valence-electron chi connectivity index (χ3n) is 3.21. The van der Waals surface area contributed by atoms with Gasteiger partial charge in [-0.1, -0.05) is 47.5 Å². The molecule has 0 heterocycles. The van der Waals surface area contributed by atoms with Crippen molar-refractivity contribution in [1.82, 2.24) is 5.32 Å². The summed E-state index contributed by atoms with van der Waals surface area (Å²) >= 11 is 3.66. The second kappa shape index (κ2) is 5.83. The van der Waals surface area contributed by atoms with Gasteiger partial charge in [0.2, 0.25) is 0 Å².